The molecule has 1 amide bonds. The molecule has 0 saturated heterocycles. The quantitative estimate of drug-likeness (QED) is 0.487. The number of nitriles is 1. The molecule has 0 saturated carbocycles. The highest BCUT2D eigenvalue weighted by molar-refractivity contribution is 8.03. The van der Waals surface area contributed by atoms with E-state index in [0.29, 0.717) is 10.6 Å². The van der Waals surface area contributed by atoms with Gasteiger partial charge in [0.05, 0.1) is 23.8 Å². The summed E-state index contributed by atoms with van der Waals surface area (Å²) in [6.07, 6.45) is 2.02. The number of thioether (sulfide) groups is 1. The molecule has 0 fully saturated rings. The molecule has 24 heavy (non-hydrogen) atoms. The highest BCUT2D eigenvalue weighted by atomic mass is 32.2. The van der Waals surface area contributed by atoms with Crippen molar-refractivity contribution in [2.45, 2.75) is 25.7 Å². The van der Waals surface area contributed by atoms with Crippen molar-refractivity contribution >= 4 is 23.6 Å². The minimum atomic E-state index is -1.05. The molecule has 2 rings (SSSR count). The first-order valence-corrected chi connectivity index (χ1v) is 8.83. The number of amides is 1. The van der Waals surface area contributed by atoms with Crippen molar-refractivity contribution in [3.8, 4) is 6.07 Å². The largest absolute Gasteiger partial charge is 0.468 e. The summed E-state index contributed by atoms with van der Waals surface area (Å²) in [5, 5.41) is 13.0. The van der Waals surface area contributed by atoms with E-state index in [4.69, 9.17) is 4.74 Å². The molecule has 0 aliphatic carbocycles. The molecule has 1 aromatic rings. The molecule has 6 heteroatoms. The van der Waals surface area contributed by atoms with E-state index in [0.717, 1.165) is 24.2 Å². The van der Waals surface area contributed by atoms with Crippen molar-refractivity contribution in [1.29, 1.82) is 5.26 Å². The number of allylic oxidation sites excluding steroid dienone is 1. The zero-order valence-electron chi connectivity index (χ0n) is 13.7. The Morgan fingerprint density at radius 2 is 2.08 bits per heavy atom. The molecule has 1 N–H and O–H groups in total. The van der Waals surface area contributed by atoms with Crippen molar-refractivity contribution < 1.29 is 14.3 Å². The van der Waals surface area contributed by atoms with Crippen LogP contribution >= 0.6 is 11.8 Å². The van der Waals surface area contributed by atoms with E-state index in [1.807, 2.05) is 30.3 Å². The smallest absolute Gasteiger partial charge is 0.319 e. The van der Waals surface area contributed by atoms with E-state index >= 15 is 0 Å². The van der Waals surface area contributed by atoms with Crippen LogP contribution < -0.4 is 5.32 Å². The van der Waals surface area contributed by atoms with Crippen molar-refractivity contribution in [2.75, 3.05) is 12.9 Å². The summed E-state index contributed by atoms with van der Waals surface area (Å²) >= 11 is 1.45. The fourth-order valence-electron chi connectivity index (χ4n) is 2.66. The van der Waals surface area contributed by atoms with Crippen molar-refractivity contribution in [2.24, 2.45) is 5.92 Å². The Kier molecular flexibility index (Phi) is 6.44. The summed E-state index contributed by atoms with van der Waals surface area (Å²) in [5.41, 5.74) is 1.17. The van der Waals surface area contributed by atoms with Crippen LogP contribution in [0, 0.1) is 17.2 Å². The van der Waals surface area contributed by atoms with Crippen LogP contribution in [0.5, 0.6) is 0 Å². The average Bonchev–Trinajstić information content (AvgIpc) is 2.61. The third-order valence-corrected chi connectivity index (χ3v) is 4.99. The maximum Gasteiger partial charge on any atom is 0.319 e. The SMILES string of the molecule is CCCCSC1=C(C#N)[C@@H](c2ccccc2)[C@H](C(=O)OC)C(=O)N1. The summed E-state index contributed by atoms with van der Waals surface area (Å²) in [6.45, 7) is 2.08. The molecule has 1 aliphatic heterocycles. The first-order valence-electron chi connectivity index (χ1n) is 7.84. The standard InChI is InChI=1S/C18H20N2O3S/c1-3-4-10-24-17-13(11-19)14(12-8-6-5-7-9-12)15(16(21)20-17)18(22)23-2/h5-9,14-15H,3-4,10H2,1-2H3,(H,20,21)/t14-,15+/m1/s1. The van der Waals surface area contributed by atoms with Crippen molar-refractivity contribution in [3.63, 3.8) is 0 Å². The lowest BCUT2D eigenvalue weighted by molar-refractivity contribution is -0.150. The van der Waals surface area contributed by atoms with E-state index in [-0.39, 0.29) is 0 Å². The summed E-state index contributed by atoms with van der Waals surface area (Å²) in [5.74, 6) is -1.92. The molecule has 0 aromatic heterocycles. The highest BCUT2D eigenvalue weighted by Crippen LogP contribution is 2.40. The summed E-state index contributed by atoms with van der Waals surface area (Å²) in [4.78, 5) is 24.7. The third-order valence-electron chi connectivity index (χ3n) is 3.89. The van der Waals surface area contributed by atoms with Gasteiger partial charge >= 0.3 is 5.97 Å². The predicted octanol–water partition coefficient (Wildman–Crippen LogP) is 2.96. The number of nitrogens with zero attached hydrogens (tertiary/aromatic N) is 1. The number of benzene rings is 1. The first kappa shape index (κ1) is 18.1. The van der Waals surface area contributed by atoms with Gasteiger partial charge in [-0.2, -0.15) is 5.26 Å². The maximum absolute atomic E-state index is 12.5. The summed E-state index contributed by atoms with van der Waals surface area (Å²) in [6, 6.07) is 11.4. The van der Waals surface area contributed by atoms with E-state index < -0.39 is 23.7 Å². The predicted molar refractivity (Wildman–Crippen MR) is 92.8 cm³/mol. The Morgan fingerprint density at radius 3 is 2.67 bits per heavy atom. The average molecular weight is 344 g/mol. The van der Waals surface area contributed by atoms with Crippen molar-refractivity contribution in [3.05, 3.63) is 46.5 Å². The number of ether oxygens (including phenoxy) is 1. The van der Waals surface area contributed by atoms with E-state index in [1.165, 1.54) is 18.9 Å². The molecule has 0 unspecified atom stereocenters. The monoisotopic (exact) mass is 344 g/mol. The van der Waals surface area contributed by atoms with E-state index in [9.17, 15) is 14.9 Å². The number of carbonyl (C=O) groups excluding carboxylic acids is 2. The van der Waals surface area contributed by atoms with Gasteiger partial charge in [-0.05, 0) is 17.7 Å². The van der Waals surface area contributed by atoms with Gasteiger partial charge in [0.1, 0.15) is 5.92 Å². The van der Waals surface area contributed by atoms with Crippen LogP contribution in [0.2, 0.25) is 0 Å². The number of methoxy groups -OCH3 is 1. The number of hydrogen-bond donors (Lipinski definition) is 1. The fraction of sp³-hybridized carbons (Fsp3) is 0.389. The number of hydrogen-bond acceptors (Lipinski definition) is 5. The Bertz CT molecular complexity index is 679. The highest BCUT2D eigenvalue weighted by Gasteiger charge is 2.44. The van der Waals surface area contributed by atoms with Gasteiger partial charge in [-0.3, -0.25) is 9.59 Å². The van der Waals surface area contributed by atoms with Crippen LogP contribution in [0.15, 0.2) is 40.9 Å². The Balaban J connectivity index is 2.49. The number of rotatable bonds is 6. The van der Waals surface area contributed by atoms with Crippen LogP contribution in [0.25, 0.3) is 0 Å². The zero-order valence-corrected chi connectivity index (χ0v) is 14.6. The van der Waals surface area contributed by atoms with Gasteiger partial charge < -0.3 is 10.1 Å². The topological polar surface area (TPSA) is 79.2 Å². The first-order chi connectivity index (χ1) is 11.6. The number of unbranched alkanes of at least 4 members (excludes halogenated alkanes) is 1. The van der Waals surface area contributed by atoms with Gasteiger partial charge in [0.15, 0.2) is 0 Å². The van der Waals surface area contributed by atoms with Gasteiger partial charge in [0, 0.05) is 5.92 Å². The molecule has 5 nitrogen and oxygen atoms in total. The lowest BCUT2D eigenvalue weighted by Gasteiger charge is -2.30. The summed E-state index contributed by atoms with van der Waals surface area (Å²) < 4.78 is 4.80. The van der Waals surface area contributed by atoms with Crippen LogP contribution in [0.1, 0.15) is 31.2 Å². The van der Waals surface area contributed by atoms with Crippen LogP contribution in [-0.2, 0) is 14.3 Å². The Labute approximate surface area is 146 Å². The maximum atomic E-state index is 12.5. The van der Waals surface area contributed by atoms with Crippen LogP contribution in [0.4, 0.5) is 0 Å². The second-order valence-electron chi connectivity index (χ2n) is 5.44. The van der Waals surface area contributed by atoms with Crippen LogP contribution in [0.3, 0.4) is 0 Å². The van der Waals surface area contributed by atoms with Crippen LogP contribution in [-0.4, -0.2) is 24.7 Å². The molecule has 2 atom stereocenters. The third kappa shape index (κ3) is 3.80. The minimum absolute atomic E-state index is 0.414. The van der Waals surface area contributed by atoms with E-state index in [1.54, 1.807) is 0 Å². The lowest BCUT2D eigenvalue weighted by Crippen LogP contribution is -2.44. The Morgan fingerprint density at radius 1 is 1.38 bits per heavy atom. The fourth-order valence-corrected chi connectivity index (χ4v) is 3.80. The molecular weight excluding hydrogens is 324 g/mol. The molecule has 1 aromatic carbocycles. The molecular formula is C18H20N2O3S. The lowest BCUT2D eigenvalue weighted by atomic mass is 9.78. The second-order valence-corrected chi connectivity index (χ2v) is 6.54. The minimum Gasteiger partial charge on any atom is -0.468 e. The second kappa shape index (κ2) is 8.55. The number of nitrogens with one attached hydrogen (secondary N) is 1. The van der Waals surface area contributed by atoms with Crippen molar-refractivity contribution in [1.82, 2.24) is 5.32 Å². The number of esters is 1. The van der Waals surface area contributed by atoms with Gasteiger partial charge in [-0.15, -0.1) is 11.8 Å². The van der Waals surface area contributed by atoms with Gasteiger partial charge in [-0.25, -0.2) is 0 Å². The van der Waals surface area contributed by atoms with Gasteiger partial charge in [-0.1, -0.05) is 43.7 Å². The molecule has 1 aliphatic rings. The molecule has 0 bridgehead atoms. The van der Waals surface area contributed by atoms with Gasteiger partial charge in [0.25, 0.3) is 0 Å². The zero-order chi connectivity index (χ0) is 17.5. The molecule has 126 valence electrons. The van der Waals surface area contributed by atoms with E-state index in [2.05, 4.69) is 18.3 Å². The molecule has 0 radical (unpaired) electrons. The number of carbonyl (C=O) groups is 2. The summed E-state index contributed by atoms with van der Waals surface area (Å²) in [7, 11) is 1.25. The molecule has 1 heterocycles. The Hall–Kier alpha value is -2.26. The normalized spacial score (nSPS) is 20.3. The molecule has 0 spiro atoms. The van der Waals surface area contributed by atoms with Gasteiger partial charge in [0.2, 0.25) is 5.91 Å².